The minimum atomic E-state index is -4.88. The summed E-state index contributed by atoms with van der Waals surface area (Å²) >= 11 is 0. The molecule has 5 nitrogen and oxygen atoms in total. The predicted molar refractivity (Wildman–Crippen MR) is 110 cm³/mol. The average molecular weight is 428 g/mol. The molecule has 0 aliphatic carbocycles. The minimum absolute atomic E-state index is 0.0948. The number of halogens is 3. The second-order valence-corrected chi connectivity index (χ2v) is 7.14. The first-order valence-electron chi connectivity index (χ1n) is 9.54. The van der Waals surface area contributed by atoms with Crippen molar-refractivity contribution >= 4 is 17.4 Å². The maximum Gasteiger partial charge on any atom is 0.573 e. The molecule has 2 unspecified atom stereocenters. The van der Waals surface area contributed by atoms with Crippen LogP contribution in [0.2, 0.25) is 0 Å². The molecule has 0 spiro atoms. The fourth-order valence-electron chi connectivity index (χ4n) is 3.89. The Bertz CT molecular complexity index is 1080. The first kappa shape index (κ1) is 20.7. The zero-order valence-electron chi connectivity index (χ0n) is 16.5. The van der Waals surface area contributed by atoms with Crippen molar-refractivity contribution in [2.45, 2.75) is 25.1 Å². The number of hydrogen-bond donors (Lipinski definition) is 1. The van der Waals surface area contributed by atoms with Crippen LogP contribution in [0.15, 0.2) is 84.9 Å². The highest BCUT2D eigenvalue weighted by Gasteiger charge is 2.57. The summed E-state index contributed by atoms with van der Waals surface area (Å²) in [5.41, 5.74) is -0.904. The van der Waals surface area contributed by atoms with Gasteiger partial charge >= 0.3 is 12.4 Å². The van der Waals surface area contributed by atoms with E-state index in [1.54, 1.807) is 67.6 Å². The summed E-state index contributed by atoms with van der Waals surface area (Å²) in [6, 6.07) is 21.0. The fourth-order valence-corrected chi connectivity index (χ4v) is 3.89. The van der Waals surface area contributed by atoms with E-state index in [2.05, 4.69) is 4.74 Å². The van der Waals surface area contributed by atoms with Gasteiger partial charge in [-0.3, -0.25) is 9.80 Å². The lowest BCUT2D eigenvalue weighted by molar-refractivity contribution is -0.274. The molecule has 4 rings (SSSR count). The minimum Gasteiger partial charge on any atom is -0.406 e. The van der Waals surface area contributed by atoms with Crippen LogP contribution in [-0.2, 0) is 5.72 Å². The smallest absolute Gasteiger partial charge is 0.406 e. The number of carbonyl (C=O) groups excluding carboxylic acids is 1. The Labute approximate surface area is 176 Å². The van der Waals surface area contributed by atoms with E-state index in [0.717, 1.165) is 12.1 Å². The molecular formula is C23H19F3N2O3. The average Bonchev–Trinajstić information content (AvgIpc) is 2.94. The molecule has 3 aromatic carbocycles. The number of benzene rings is 3. The summed E-state index contributed by atoms with van der Waals surface area (Å²) < 4.78 is 42.3. The number of anilines is 2. The van der Waals surface area contributed by atoms with Gasteiger partial charge in [-0.05, 0) is 43.3 Å². The molecule has 2 atom stereocenters. The van der Waals surface area contributed by atoms with Crippen LogP contribution in [0.3, 0.4) is 0 Å². The quantitative estimate of drug-likeness (QED) is 0.616. The maximum atomic E-state index is 13.5. The van der Waals surface area contributed by atoms with Crippen molar-refractivity contribution in [3.8, 4) is 5.75 Å². The third kappa shape index (κ3) is 3.70. The van der Waals surface area contributed by atoms with E-state index in [4.69, 9.17) is 0 Å². The number of amides is 2. The summed E-state index contributed by atoms with van der Waals surface area (Å²) in [5, 5.41) is 11.9. The number of para-hydroxylation sites is 2. The summed E-state index contributed by atoms with van der Waals surface area (Å²) in [6.07, 6.45) is -4.88. The van der Waals surface area contributed by atoms with Crippen molar-refractivity contribution in [3.63, 3.8) is 0 Å². The summed E-state index contributed by atoms with van der Waals surface area (Å²) in [5.74, 6) is -0.482. The zero-order chi connectivity index (χ0) is 22.2. The molecule has 1 aliphatic heterocycles. The van der Waals surface area contributed by atoms with Crippen molar-refractivity contribution < 1.29 is 27.8 Å². The Morgan fingerprint density at radius 1 is 0.903 bits per heavy atom. The largest absolute Gasteiger partial charge is 0.573 e. The van der Waals surface area contributed by atoms with E-state index in [1.807, 2.05) is 0 Å². The Balaban J connectivity index is 1.86. The van der Waals surface area contributed by atoms with E-state index in [9.17, 15) is 23.1 Å². The molecule has 1 heterocycles. The van der Waals surface area contributed by atoms with Gasteiger partial charge in [0.25, 0.3) is 0 Å². The number of hydrogen-bond acceptors (Lipinski definition) is 3. The van der Waals surface area contributed by atoms with Gasteiger partial charge in [0.05, 0.1) is 6.04 Å². The molecule has 1 N–H and O–H groups in total. The van der Waals surface area contributed by atoms with Crippen LogP contribution < -0.4 is 14.5 Å². The first-order chi connectivity index (χ1) is 14.7. The Hall–Kier alpha value is -3.52. The molecule has 8 heteroatoms. The van der Waals surface area contributed by atoms with E-state index >= 15 is 0 Å². The molecule has 1 saturated heterocycles. The van der Waals surface area contributed by atoms with E-state index in [1.165, 1.54) is 21.9 Å². The number of nitrogens with zero attached hydrogens (tertiary/aromatic N) is 2. The van der Waals surface area contributed by atoms with Gasteiger partial charge in [-0.2, -0.15) is 0 Å². The number of aliphatic hydroxyl groups is 1. The third-order valence-electron chi connectivity index (χ3n) is 5.25. The van der Waals surface area contributed by atoms with E-state index < -0.39 is 29.9 Å². The Morgan fingerprint density at radius 2 is 1.48 bits per heavy atom. The Kier molecular flexibility index (Phi) is 5.10. The number of rotatable bonds is 4. The molecule has 0 aromatic heterocycles. The van der Waals surface area contributed by atoms with Crippen LogP contribution in [0.5, 0.6) is 5.75 Å². The number of ether oxygens (including phenoxy) is 1. The number of alkyl halides is 3. The lowest BCUT2D eigenvalue weighted by Gasteiger charge is -2.35. The van der Waals surface area contributed by atoms with Gasteiger partial charge < -0.3 is 9.84 Å². The molecule has 3 aromatic rings. The first-order valence-corrected chi connectivity index (χ1v) is 9.54. The second-order valence-electron chi connectivity index (χ2n) is 7.14. The van der Waals surface area contributed by atoms with Gasteiger partial charge in [-0.15, -0.1) is 13.2 Å². The third-order valence-corrected chi connectivity index (χ3v) is 5.25. The standard InChI is InChI=1S/C23H19F3N2O3/c1-16-22(30,17-9-8-14-20(15-17)31-23(24,25)26)28(19-12-6-3-7-13-19)21(29)27(16)18-10-4-2-5-11-18/h2-16,30H,1H3. The molecule has 0 saturated carbocycles. The van der Waals surface area contributed by atoms with Crippen LogP contribution in [0.1, 0.15) is 12.5 Å². The molecule has 160 valence electrons. The van der Waals surface area contributed by atoms with Crippen LogP contribution in [0, 0.1) is 0 Å². The van der Waals surface area contributed by atoms with Crippen LogP contribution in [-0.4, -0.2) is 23.5 Å². The van der Waals surface area contributed by atoms with Crippen molar-refractivity contribution in [1.29, 1.82) is 0 Å². The number of urea groups is 1. The Morgan fingerprint density at radius 3 is 2.06 bits per heavy atom. The zero-order valence-corrected chi connectivity index (χ0v) is 16.5. The monoisotopic (exact) mass is 428 g/mol. The van der Waals surface area contributed by atoms with Crippen molar-refractivity contribution in [3.05, 3.63) is 90.5 Å². The molecule has 0 radical (unpaired) electrons. The summed E-state index contributed by atoms with van der Waals surface area (Å²) in [4.78, 5) is 16.1. The summed E-state index contributed by atoms with van der Waals surface area (Å²) in [7, 11) is 0. The van der Waals surface area contributed by atoms with Crippen LogP contribution in [0.25, 0.3) is 0 Å². The SMILES string of the molecule is CC1N(c2ccccc2)C(=O)N(c2ccccc2)C1(O)c1cccc(OC(F)(F)F)c1. The van der Waals surface area contributed by atoms with Gasteiger partial charge in [0.2, 0.25) is 0 Å². The van der Waals surface area contributed by atoms with Gasteiger partial charge in [0, 0.05) is 16.9 Å². The highest BCUT2D eigenvalue weighted by molar-refractivity contribution is 6.08. The highest BCUT2D eigenvalue weighted by Crippen LogP contribution is 2.45. The molecule has 0 bridgehead atoms. The predicted octanol–water partition coefficient (Wildman–Crippen LogP) is 5.27. The van der Waals surface area contributed by atoms with E-state index in [-0.39, 0.29) is 5.56 Å². The normalized spacial score (nSPS) is 21.5. The van der Waals surface area contributed by atoms with Gasteiger partial charge in [-0.25, -0.2) is 4.79 Å². The lowest BCUT2D eigenvalue weighted by Crippen LogP contribution is -2.48. The topological polar surface area (TPSA) is 53.0 Å². The molecule has 1 fully saturated rings. The van der Waals surface area contributed by atoms with Crippen molar-refractivity contribution in [1.82, 2.24) is 0 Å². The molecular weight excluding hydrogens is 409 g/mol. The summed E-state index contributed by atoms with van der Waals surface area (Å²) in [6.45, 7) is 1.64. The van der Waals surface area contributed by atoms with Gasteiger partial charge in [-0.1, -0.05) is 48.5 Å². The lowest BCUT2D eigenvalue weighted by atomic mass is 9.94. The molecule has 31 heavy (non-hydrogen) atoms. The van der Waals surface area contributed by atoms with Crippen LogP contribution in [0.4, 0.5) is 29.3 Å². The van der Waals surface area contributed by atoms with Crippen LogP contribution >= 0.6 is 0 Å². The second kappa shape index (κ2) is 7.63. The van der Waals surface area contributed by atoms with Gasteiger partial charge in [0.15, 0.2) is 5.72 Å². The van der Waals surface area contributed by atoms with Crippen molar-refractivity contribution in [2.24, 2.45) is 0 Å². The molecule has 1 aliphatic rings. The maximum absolute atomic E-state index is 13.5. The fraction of sp³-hybridized carbons (Fsp3) is 0.174. The van der Waals surface area contributed by atoms with Gasteiger partial charge in [0.1, 0.15) is 5.75 Å². The van der Waals surface area contributed by atoms with Crippen molar-refractivity contribution in [2.75, 3.05) is 9.80 Å². The molecule has 2 amide bonds. The number of carbonyl (C=O) groups is 1. The highest BCUT2D eigenvalue weighted by atomic mass is 19.4. The van der Waals surface area contributed by atoms with E-state index in [0.29, 0.717) is 11.4 Å².